The lowest BCUT2D eigenvalue weighted by atomic mass is 9.47. The zero-order chi connectivity index (χ0) is 17.5. The van der Waals surface area contributed by atoms with E-state index in [1.165, 1.54) is 0 Å². The summed E-state index contributed by atoms with van der Waals surface area (Å²) in [6.07, 6.45) is 4.73. The summed E-state index contributed by atoms with van der Waals surface area (Å²) in [6.45, 7) is 8.84. The van der Waals surface area contributed by atoms with Crippen molar-refractivity contribution in [2.75, 3.05) is 6.61 Å². The van der Waals surface area contributed by atoms with Crippen LogP contribution in [0.1, 0.15) is 53.4 Å². The average molecular weight is 332 g/mol. The number of rotatable bonds is 1. The van der Waals surface area contributed by atoms with Crippen molar-refractivity contribution < 1.29 is 19.7 Å². The third-order valence-corrected chi connectivity index (χ3v) is 7.01. The highest BCUT2D eigenvalue weighted by Crippen LogP contribution is 2.68. The molecule has 0 unspecified atom stereocenters. The number of aliphatic hydroxyl groups excluding tert-OH is 2. The number of hydrogen-bond donors (Lipinski definition) is 2. The topological polar surface area (TPSA) is 66.8 Å². The number of allylic oxidation sites excluding steroid dienone is 1. The van der Waals surface area contributed by atoms with E-state index in [-0.39, 0.29) is 22.9 Å². The van der Waals surface area contributed by atoms with Crippen molar-refractivity contribution in [1.29, 1.82) is 0 Å². The lowest BCUT2D eigenvalue weighted by molar-refractivity contribution is -0.116. The standard InChI is InChI=1S/C20H28O4/c1-11(2)13-9-20-6-5-14-18(3,4)7-12(21)8-19(14,10-24-20)17(20)16(23)15(13)22/h9,11-12,14,21,23H,5-8,10H2,1-4H3/t12-,14-,19+,20+/m1/s1. The molecule has 1 heterocycles. The second-order valence-corrected chi connectivity index (χ2v) is 9.28. The van der Waals surface area contributed by atoms with Crippen LogP contribution < -0.4 is 0 Å². The Morgan fingerprint density at radius 2 is 2.00 bits per heavy atom. The van der Waals surface area contributed by atoms with Crippen molar-refractivity contribution >= 4 is 5.78 Å². The molecule has 4 rings (SSSR count). The monoisotopic (exact) mass is 332 g/mol. The molecule has 3 fully saturated rings. The van der Waals surface area contributed by atoms with Crippen molar-refractivity contribution in [3.63, 3.8) is 0 Å². The Morgan fingerprint density at radius 3 is 2.67 bits per heavy atom. The molecule has 2 N–H and O–H groups in total. The Balaban J connectivity index is 1.91. The second-order valence-electron chi connectivity index (χ2n) is 9.28. The highest BCUT2D eigenvalue weighted by molar-refractivity contribution is 6.09. The van der Waals surface area contributed by atoms with Gasteiger partial charge >= 0.3 is 0 Å². The van der Waals surface area contributed by atoms with E-state index in [4.69, 9.17) is 4.74 Å². The molecule has 3 aliphatic carbocycles. The zero-order valence-corrected chi connectivity index (χ0v) is 15.1. The van der Waals surface area contributed by atoms with E-state index in [2.05, 4.69) is 13.8 Å². The number of carbonyl (C=O) groups is 1. The molecule has 1 aliphatic heterocycles. The van der Waals surface area contributed by atoms with Crippen LogP contribution >= 0.6 is 0 Å². The molecule has 132 valence electrons. The fraction of sp³-hybridized carbons (Fsp3) is 0.750. The molecule has 0 aromatic rings. The van der Waals surface area contributed by atoms with Crippen molar-refractivity contribution in [2.45, 2.75) is 65.1 Å². The molecule has 4 heteroatoms. The third kappa shape index (κ3) is 1.84. The average Bonchev–Trinajstić information content (AvgIpc) is 2.66. The summed E-state index contributed by atoms with van der Waals surface area (Å²) >= 11 is 0. The maximum absolute atomic E-state index is 12.8. The number of Topliss-reactive ketones (excluding diaryl/α,β-unsaturated/α-hetero) is 1. The molecule has 1 spiro atoms. The van der Waals surface area contributed by atoms with Gasteiger partial charge in [-0.25, -0.2) is 0 Å². The Labute approximate surface area is 143 Å². The number of carbonyl (C=O) groups excluding carboxylic acids is 1. The first kappa shape index (κ1) is 16.3. The van der Waals surface area contributed by atoms with Gasteiger partial charge in [0.05, 0.1) is 12.7 Å². The van der Waals surface area contributed by atoms with Crippen LogP contribution in [-0.4, -0.2) is 34.3 Å². The first-order valence-electron chi connectivity index (χ1n) is 9.17. The molecule has 2 bridgehead atoms. The largest absolute Gasteiger partial charge is 0.504 e. The highest BCUT2D eigenvalue weighted by atomic mass is 16.5. The molecular formula is C20H28O4. The summed E-state index contributed by atoms with van der Waals surface area (Å²) in [4.78, 5) is 12.8. The zero-order valence-electron chi connectivity index (χ0n) is 15.1. The fourth-order valence-electron chi connectivity index (χ4n) is 6.23. The number of aliphatic hydroxyl groups is 2. The molecule has 24 heavy (non-hydrogen) atoms. The van der Waals surface area contributed by atoms with Crippen LogP contribution in [0.3, 0.4) is 0 Å². The first-order chi connectivity index (χ1) is 11.1. The van der Waals surface area contributed by atoms with Gasteiger partial charge in [0.2, 0.25) is 5.78 Å². The summed E-state index contributed by atoms with van der Waals surface area (Å²) in [5, 5.41) is 21.4. The van der Waals surface area contributed by atoms with Gasteiger partial charge < -0.3 is 14.9 Å². The normalized spacial score (nSPS) is 43.6. The molecule has 2 saturated carbocycles. The predicted octanol–water partition coefficient (Wildman–Crippen LogP) is 3.31. The molecule has 4 nitrogen and oxygen atoms in total. The third-order valence-electron chi connectivity index (χ3n) is 7.01. The van der Waals surface area contributed by atoms with Gasteiger partial charge in [-0.05, 0) is 49.0 Å². The van der Waals surface area contributed by atoms with Crippen LogP contribution in [0.4, 0.5) is 0 Å². The maximum atomic E-state index is 12.8. The van der Waals surface area contributed by atoms with Gasteiger partial charge in [-0.15, -0.1) is 0 Å². The lowest BCUT2D eigenvalue weighted by Gasteiger charge is -2.56. The van der Waals surface area contributed by atoms with Crippen LogP contribution in [0.15, 0.2) is 23.0 Å². The molecule has 0 aromatic carbocycles. The Bertz CT molecular complexity index is 671. The minimum Gasteiger partial charge on any atom is -0.504 e. The van der Waals surface area contributed by atoms with E-state index in [1.54, 1.807) is 0 Å². The molecule has 0 radical (unpaired) electrons. The van der Waals surface area contributed by atoms with Gasteiger partial charge in [-0.1, -0.05) is 27.7 Å². The Hall–Kier alpha value is -1.13. The molecule has 4 atom stereocenters. The highest BCUT2D eigenvalue weighted by Gasteiger charge is 2.67. The smallest absolute Gasteiger partial charge is 0.223 e. The van der Waals surface area contributed by atoms with Crippen LogP contribution in [0.25, 0.3) is 0 Å². The summed E-state index contributed by atoms with van der Waals surface area (Å²) in [5.41, 5.74) is 0.352. The lowest BCUT2D eigenvalue weighted by Crippen LogP contribution is -2.55. The molecule has 0 aromatic heterocycles. The van der Waals surface area contributed by atoms with Gasteiger partial charge in [0.25, 0.3) is 0 Å². The summed E-state index contributed by atoms with van der Waals surface area (Å²) in [6, 6.07) is 0. The number of ether oxygens (including phenoxy) is 1. The van der Waals surface area contributed by atoms with Crippen LogP contribution in [-0.2, 0) is 9.53 Å². The van der Waals surface area contributed by atoms with E-state index in [0.717, 1.165) is 24.8 Å². The van der Waals surface area contributed by atoms with E-state index in [9.17, 15) is 15.0 Å². The summed E-state index contributed by atoms with van der Waals surface area (Å²) in [7, 11) is 0. The fourth-order valence-corrected chi connectivity index (χ4v) is 6.23. The minimum atomic E-state index is -0.638. The Morgan fingerprint density at radius 1 is 1.29 bits per heavy atom. The van der Waals surface area contributed by atoms with E-state index < -0.39 is 17.1 Å². The van der Waals surface area contributed by atoms with Crippen LogP contribution in [0, 0.1) is 22.7 Å². The summed E-state index contributed by atoms with van der Waals surface area (Å²) < 4.78 is 6.31. The van der Waals surface area contributed by atoms with Crippen molar-refractivity contribution in [3.05, 3.63) is 23.0 Å². The molecule has 0 amide bonds. The van der Waals surface area contributed by atoms with Crippen LogP contribution in [0.2, 0.25) is 0 Å². The van der Waals surface area contributed by atoms with E-state index in [0.29, 0.717) is 24.5 Å². The quantitative estimate of drug-likeness (QED) is 0.773. The number of hydrogen-bond acceptors (Lipinski definition) is 4. The summed E-state index contributed by atoms with van der Waals surface area (Å²) in [5.74, 6) is 0.0251. The van der Waals surface area contributed by atoms with Crippen molar-refractivity contribution in [2.24, 2.45) is 22.7 Å². The SMILES string of the molecule is CC(C)C1=C[C@]23CC[C@@H]4C(C)(C)C[C@@H](O)C[C@@]4(CO2)C3=C(O)C1=O. The van der Waals surface area contributed by atoms with E-state index >= 15 is 0 Å². The maximum Gasteiger partial charge on any atom is 0.223 e. The minimum absolute atomic E-state index is 0.0319. The van der Waals surface area contributed by atoms with Gasteiger partial charge in [-0.2, -0.15) is 0 Å². The van der Waals surface area contributed by atoms with Gasteiger partial charge in [0.15, 0.2) is 5.76 Å². The molecular weight excluding hydrogens is 304 g/mol. The Kier molecular flexibility index (Phi) is 3.22. The van der Waals surface area contributed by atoms with E-state index in [1.807, 2.05) is 19.9 Å². The molecule has 4 aliphatic rings. The van der Waals surface area contributed by atoms with Gasteiger partial charge in [-0.3, -0.25) is 4.79 Å². The molecule has 1 saturated heterocycles. The number of ketones is 1. The second kappa shape index (κ2) is 4.73. The first-order valence-corrected chi connectivity index (χ1v) is 9.17. The predicted molar refractivity (Wildman–Crippen MR) is 90.4 cm³/mol. The van der Waals surface area contributed by atoms with Crippen molar-refractivity contribution in [1.82, 2.24) is 0 Å². The van der Waals surface area contributed by atoms with Crippen LogP contribution in [0.5, 0.6) is 0 Å². The van der Waals surface area contributed by atoms with Crippen molar-refractivity contribution in [3.8, 4) is 0 Å². The van der Waals surface area contributed by atoms with Gasteiger partial charge in [0, 0.05) is 16.6 Å². The van der Waals surface area contributed by atoms with Gasteiger partial charge in [0.1, 0.15) is 5.60 Å².